The molecule has 0 unspecified atom stereocenters. The minimum absolute atomic E-state index is 0.0161. The summed E-state index contributed by atoms with van der Waals surface area (Å²) in [4.78, 5) is 24.1. The van der Waals surface area contributed by atoms with Crippen LogP contribution in [0.5, 0.6) is 5.75 Å². The number of anilines is 2. The number of unbranched alkanes of at least 4 members (excludes halogenated alkanes) is 2. The van der Waals surface area contributed by atoms with Crippen LogP contribution in [0.3, 0.4) is 0 Å². The number of aromatic nitrogens is 4. The van der Waals surface area contributed by atoms with Crippen molar-refractivity contribution < 1.29 is 14.3 Å². The fourth-order valence-corrected chi connectivity index (χ4v) is 4.11. The van der Waals surface area contributed by atoms with E-state index in [0.29, 0.717) is 23.1 Å². The van der Waals surface area contributed by atoms with Gasteiger partial charge in [0.2, 0.25) is 16.9 Å². The standard InChI is InChI=1S/C26H30N6O3S/c1-3-5-12-23(33)28-26-32-31-25(36-26)13-7-6-10-20-14-15-22(30-29-20)27-24(34)18-19-9-8-11-21(17-19)35-16-4-2/h2,8-9,11,14-15,17H,3,5-7,10,12-13,16,18H2,1H3,(H,27,30,34)(H,28,32,33). The molecule has 0 saturated carbocycles. The largest absolute Gasteiger partial charge is 0.481 e. The summed E-state index contributed by atoms with van der Waals surface area (Å²) in [6.45, 7) is 2.23. The van der Waals surface area contributed by atoms with Crippen molar-refractivity contribution in [1.29, 1.82) is 0 Å². The summed E-state index contributed by atoms with van der Waals surface area (Å²) in [5, 5.41) is 23.6. The smallest absolute Gasteiger partial charge is 0.229 e. The summed E-state index contributed by atoms with van der Waals surface area (Å²) in [6.07, 6.45) is 11.1. The zero-order valence-electron chi connectivity index (χ0n) is 20.3. The fourth-order valence-electron chi connectivity index (χ4n) is 3.31. The Hall–Kier alpha value is -3.84. The molecule has 0 bridgehead atoms. The Balaban J connectivity index is 1.37. The molecule has 0 aliphatic carbocycles. The Kier molecular flexibility index (Phi) is 10.8. The molecule has 2 amide bonds. The number of terminal acetylenes is 1. The van der Waals surface area contributed by atoms with Gasteiger partial charge in [-0.15, -0.1) is 21.7 Å². The SMILES string of the molecule is C#CCOc1cccc(CC(=O)Nc2ccc(CCCCc3nnc(NC(=O)CCCC)s3)nn2)c1. The molecule has 0 spiro atoms. The first-order valence-electron chi connectivity index (χ1n) is 12.0. The second kappa shape index (κ2) is 14.5. The monoisotopic (exact) mass is 506 g/mol. The first-order chi connectivity index (χ1) is 17.6. The molecule has 0 fully saturated rings. The molecule has 188 valence electrons. The van der Waals surface area contributed by atoms with Gasteiger partial charge in [0.25, 0.3) is 0 Å². The number of aryl methyl sites for hydroxylation is 2. The number of carbonyl (C=O) groups excluding carboxylic acids is 2. The zero-order chi connectivity index (χ0) is 25.6. The average molecular weight is 507 g/mol. The third-order valence-corrected chi connectivity index (χ3v) is 6.02. The molecule has 9 nitrogen and oxygen atoms in total. The summed E-state index contributed by atoms with van der Waals surface area (Å²) in [6, 6.07) is 10.9. The van der Waals surface area contributed by atoms with Gasteiger partial charge in [0.1, 0.15) is 17.4 Å². The topological polar surface area (TPSA) is 119 Å². The minimum atomic E-state index is -0.191. The number of benzene rings is 1. The summed E-state index contributed by atoms with van der Waals surface area (Å²) >= 11 is 1.42. The average Bonchev–Trinajstić information content (AvgIpc) is 3.32. The summed E-state index contributed by atoms with van der Waals surface area (Å²) in [5.41, 5.74) is 1.67. The Morgan fingerprint density at radius 3 is 2.64 bits per heavy atom. The van der Waals surface area contributed by atoms with Crippen LogP contribution < -0.4 is 15.4 Å². The lowest BCUT2D eigenvalue weighted by Crippen LogP contribution is -2.16. The second-order valence-corrected chi connectivity index (χ2v) is 9.20. The van der Waals surface area contributed by atoms with Crippen LogP contribution in [0.2, 0.25) is 0 Å². The van der Waals surface area contributed by atoms with Gasteiger partial charge in [-0.05, 0) is 55.5 Å². The molecule has 0 saturated heterocycles. The quantitative estimate of drug-likeness (QED) is 0.248. The maximum Gasteiger partial charge on any atom is 0.229 e. The number of ether oxygens (including phenoxy) is 1. The Bertz CT molecular complexity index is 1170. The van der Waals surface area contributed by atoms with Crippen molar-refractivity contribution in [3.05, 3.63) is 52.7 Å². The normalized spacial score (nSPS) is 10.4. The molecule has 2 N–H and O–H groups in total. The maximum absolute atomic E-state index is 12.4. The van der Waals surface area contributed by atoms with E-state index in [1.807, 2.05) is 18.2 Å². The predicted octanol–water partition coefficient (Wildman–Crippen LogP) is 4.22. The van der Waals surface area contributed by atoms with Crippen LogP contribution in [-0.4, -0.2) is 38.8 Å². The Labute approximate surface area is 215 Å². The molecule has 1 aromatic carbocycles. The zero-order valence-corrected chi connectivity index (χ0v) is 21.1. The molecule has 2 aromatic heterocycles. The molecule has 3 rings (SSSR count). The number of hydrogen-bond donors (Lipinski definition) is 2. The predicted molar refractivity (Wildman–Crippen MR) is 140 cm³/mol. The number of rotatable bonds is 14. The molecule has 0 aliphatic heterocycles. The molecule has 36 heavy (non-hydrogen) atoms. The number of carbonyl (C=O) groups is 2. The van der Waals surface area contributed by atoms with Crippen molar-refractivity contribution in [1.82, 2.24) is 20.4 Å². The first kappa shape index (κ1) is 26.8. The van der Waals surface area contributed by atoms with E-state index in [2.05, 4.69) is 43.9 Å². The molecular weight excluding hydrogens is 476 g/mol. The van der Waals surface area contributed by atoms with E-state index < -0.39 is 0 Å². The number of nitrogens with one attached hydrogen (secondary N) is 2. The summed E-state index contributed by atoms with van der Waals surface area (Å²) in [7, 11) is 0. The maximum atomic E-state index is 12.4. The van der Waals surface area contributed by atoms with E-state index in [1.54, 1.807) is 18.2 Å². The van der Waals surface area contributed by atoms with Gasteiger partial charge in [-0.2, -0.15) is 5.10 Å². The van der Waals surface area contributed by atoms with E-state index in [-0.39, 0.29) is 24.8 Å². The van der Waals surface area contributed by atoms with E-state index in [9.17, 15) is 9.59 Å². The van der Waals surface area contributed by atoms with Gasteiger partial charge in [-0.3, -0.25) is 9.59 Å². The molecule has 0 radical (unpaired) electrons. The van der Waals surface area contributed by atoms with Crippen molar-refractivity contribution in [3.63, 3.8) is 0 Å². The van der Waals surface area contributed by atoms with Gasteiger partial charge in [0.05, 0.1) is 12.1 Å². The van der Waals surface area contributed by atoms with Crippen molar-refractivity contribution in [2.45, 2.75) is 58.3 Å². The van der Waals surface area contributed by atoms with Crippen molar-refractivity contribution in [3.8, 4) is 18.1 Å². The highest BCUT2D eigenvalue weighted by Crippen LogP contribution is 2.18. The highest BCUT2D eigenvalue weighted by Gasteiger charge is 2.09. The lowest BCUT2D eigenvalue weighted by Gasteiger charge is -2.07. The van der Waals surface area contributed by atoms with Gasteiger partial charge in [-0.25, -0.2) is 0 Å². The van der Waals surface area contributed by atoms with E-state index in [1.165, 1.54) is 11.3 Å². The van der Waals surface area contributed by atoms with Crippen LogP contribution in [-0.2, 0) is 28.9 Å². The summed E-state index contributed by atoms with van der Waals surface area (Å²) < 4.78 is 5.39. The highest BCUT2D eigenvalue weighted by molar-refractivity contribution is 7.15. The highest BCUT2D eigenvalue weighted by atomic mass is 32.1. The second-order valence-electron chi connectivity index (χ2n) is 8.13. The van der Waals surface area contributed by atoms with Gasteiger partial charge in [0, 0.05) is 12.8 Å². The van der Waals surface area contributed by atoms with Gasteiger partial charge in [0.15, 0.2) is 5.82 Å². The molecular formula is C26H30N6O3S. The molecule has 0 atom stereocenters. The van der Waals surface area contributed by atoms with Crippen LogP contribution in [0.1, 0.15) is 55.3 Å². The van der Waals surface area contributed by atoms with Crippen LogP contribution >= 0.6 is 11.3 Å². The Morgan fingerprint density at radius 2 is 1.86 bits per heavy atom. The number of amides is 2. The third-order valence-electron chi connectivity index (χ3n) is 5.12. The number of nitrogens with zero attached hydrogens (tertiary/aromatic N) is 4. The first-order valence-corrected chi connectivity index (χ1v) is 12.8. The molecule has 0 aliphatic rings. The minimum Gasteiger partial charge on any atom is -0.481 e. The fraction of sp³-hybridized carbons (Fsp3) is 0.385. The summed E-state index contributed by atoms with van der Waals surface area (Å²) in [5.74, 6) is 3.24. The van der Waals surface area contributed by atoms with E-state index >= 15 is 0 Å². The van der Waals surface area contributed by atoms with E-state index in [0.717, 1.165) is 54.8 Å². The Morgan fingerprint density at radius 1 is 1.00 bits per heavy atom. The van der Waals surface area contributed by atoms with Crippen LogP contribution in [0, 0.1) is 12.3 Å². The number of hydrogen-bond acceptors (Lipinski definition) is 8. The van der Waals surface area contributed by atoms with Crippen LogP contribution in [0.4, 0.5) is 10.9 Å². The third kappa shape index (κ3) is 9.43. The lowest BCUT2D eigenvalue weighted by molar-refractivity contribution is -0.116. The van der Waals surface area contributed by atoms with Crippen LogP contribution in [0.25, 0.3) is 0 Å². The van der Waals surface area contributed by atoms with Crippen molar-refractivity contribution >= 4 is 34.1 Å². The van der Waals surface area contributed by atoms with E-state index in [4.69, 9.17) is 11.2 Å². The van der Waals surface area contributed by atoms with Gasteiger partial charge < -0.3 is 15.4 Å². The lowest BCUT2D eigenvalue weighted by atomic mass is 10.1. The van der Waals surface area contributed by atoms with Crippen LogP contribution in [0.15, 0.2) is 36.4 Å². The van der Waals surface area contributed by atoms with Crippen molar-refractivity contribution in [2.24, 2.45) is 0 Å². The molecule has 3 aromatic rings. The molecule has 10 heteroatoms. The van der Waals surface area contributed by atoms with Gasteiger partial charge in [-0.1, -0.05) is 42.7 Å². The molecule has 2 heterocycles. The van der Waals surface area contributed by atoms with Crippen molar-refractivity contribution in [2.75, 3.05) is 17.2 Å². The van der Waals surface area contributed by atoms with Gasteiger partial charge >= 0.3 is 0 Å².